The van der Waals surface area contributed by atoms with Gasteiger partial charge in [0.2, 0.25) is 0 Å². The molecule has 0 bridgehead atoms. The van der Waals surface area contributed by atoms with Crippen LogP contribution in [0.1, 0.15) is 28.3 Å². The number of rotatable bonds is 5. The fraction of sp³-hybridized carbons (Fsp3) is 0.250. The summed E-state index contributed by atoms with van der Waals surface area (Å²) < 4.78 is 6.53. The van der Waals surface area contributed by atoms with Gasteiger partial charge in [-0.1, -0.05) is 18.2 Å². The maximum absolute atomic E-state index is 5.05. The fourth-order valence-corrected chi connectivity index (χ4v) is 4.92. The molecule has 6 aromatic rings. The summed E-state index contributed by atoms with van der Waals surface area (Å²) in [7, 11) is 1.97. The van der Waals surface area contributed by atoms with Crippen molar-refractivity contribution in [2.24, 2.45) is 7.05 Å². The Morgan fingerprint density at radius 3 is 2.38 bits per heavy atom. The molecule has 0 spiro atoms. The van der Waals surface area contributed by atoms with E-state index in [9.17, 15) is 0 Å². The lowest BCUT2D eigenvalue weighted by Crippen LogP contribution is -2.13. The zero-order chi connectivity index (χ0) is 23.4. The number of benzene rings is 3. The Labute approximate surface area is 198 Å². The molecule has 0 saturated heterocycles. The number of aromatic nitrogens is 6. The average molecular weight is 449 g/mol. The van der Waals surface area contributed by atoms with E-state index in [0.717, 1.165) is 46.6 Å². The van der Waals surface area contributed by atoms with Gasteiger partial charge in [0.05, 0.1) is 27.6 Å². The molecule has 34 heavy (non-hydrogen) atoms. The van der Waals surface area contributed by atoms with Crippen LogP contribution in [0.25, 0.3) is 33.0 Å². The van der Waals surface area contributed by atoms with Gasteiger partial charge in [0.1, 0.15) is 18.3 Å². The van der Waals surface area contributed by atoms with E-state index in [4.69, 9.17) is 9.97 Å². The molecule has 0 fully saturated rings. The van der Waals surface area contributed by atoms with Gasteiger partial charge in [0.15, 0.2) is 0 Å². The van der Waals surface area contributed by atoms with Crippen molar-refractivity contribution in [3.63, 3.8) is 0 Å². The average Bonchev–Trinajstić information content (AvgIpc) is 3.44. The number of hydrogen-bond donors (Lipinski definition) is 0. The molecule has 6 nitrogen and oxygen atoms in total. The van der Waals surface area contributed by atoms with Gasteiger partial charge in [-0.05, 0) is 80.3 Å². The minimum atomic E-state index is 0.697. The van der Waals surface area contributed by atoms with E-state index in [1.54, 1.807) is 0 Å². The summed E-state index contributed by atoms with van der Waals surface area (Å²) in [5, 5.41) is 5.68. The second-order valence-electron chi connectivity index (χ2n) is 9.36. The van der Waals surface area contributed by atoms with Crippen molar-refractivity contribution in [3.8, 4) is 0 Å². The molecule has 0 N–H and O–H groups in total. The lowest BCUT2D eigenvalue weighted by molar-refractivity contribution is 0.591. The van der Waals surface area contributed by atoms with E-state index in [1.165, 1.54) is 27.6 Å². The molecule has 3 aromatic heterocycles. The number of imidazole rings is 2. The first-order valence-corrected chi connectivity index (χ1v) is 11.8. The van der Waals surface area contributed by atoms with E-state index >= 15 is 0 Å². The second-order valence-corrected chi connectivity index (χ2v) is 9.36. The summed E-state index contributed by atoms with van der Waals surface area (Å²) in [6.45, 7) is 7.03. The summed E-state index contributed by atoms with van der Waals surface area (Å²) in [4.78, 5) is 9.88. The van der Waals surface area contributed by atoms with Crippen LogP contribution in [-0.4, -0.2) is 28.9 Å². The van der Waals surface area contributed by atoms with Crippen LogP contribution in [0.5, 0.6) is 0 Å². The molecule has 0 saturated carbocycles. The van der Waals surface area contributed by atoms with Crippen LogP contribution in [0.15, 0.2) is 60.8 Å². The largest absolute Gasteiger partial charge is 0.309 e. The smallest absolute Gasteiger partial charge is 0.111 e. The minimum absolute atomic E-state index is 0.697. The maximum Gasteiger partial charge on any atom is 0.111 e. The van der Waals surface area contributed by atoms with Gasteiger partial charge in [0.25, 0.3) is 0 Å². The van der Waals surface area contributed by atoms with Crippen molar-refractivity contribution in [1.82, 2.24) is 28.9 Å². The molecular weight excluding hydrogens is 420 g/mol. The van der Waals surface area contributed by atoms with Crippen molar-refractivity contribution in [2.45, 2.75) is 40.3 Å². The Hall–Kier alpha value is -3.93. The Balaban J connectivity index is 1.39. The third kappa shape index (κ3) is 3.55. The lowest BCUT2D eigenvalue weighted by atomic mass is 10.1. The van der Waals surface area contributed by atoms with Gasteiger partial charge in [-0.25, -0.2) is 9.97 Å². The highest BCUT2D eigenvalue weighted by Crippen LogP contribution is 2.23. The van der Waals surface area contributed by atoms with Crippen LogP contribution < -0.4 is 0 Å². The van der Waals surface area contributed by atoms with Crippen molar-refractivity contribution in [3.05, 3.63) is 89.1 Å². The molecule has 0 amide bonds. The molecule has 0 unspecified atom stereocenters. The van der Waals surface area contributed by atoms with Crippen molar-refractivity contribution < 1.29 is 0 Å². The van der Waals surface area contributed by atoms with Crippen LogP contribution in [-0.2, 0) is 26.6 Å². The monoisotopic (exact) mass is 448 g/mol. The summed E-state index contributed by atoms with van der Waals surface area (Å²) in [6.07, 6.45) is 3.87. The third-order valence-electron chi connectivity index (χ3n) is 6.68. The van der Waals surface area contributed by atoms with Crippen molar-refractivity contribution in [2.75, 3.05) is 0 Å². The number of hydrogen-bond acceptors (Lipinski definition) is 3. The van der Waals surface area contributed by atoms with E-state index in [-0.39, 0.29) is 0 Å². The number of aryl methyl sites for hydroxylation is 6. The van der Waals surface area contributed by atoms with Crippen LogP contribution in [0, 0.1) is 20.8 Å². The SMILES string of the molecule is Cc1ccc2c(c1)nc(C)n2Cn1c(CCc2ccc3nn(C)cc3c2)nc2ccc(C)cc21. The second kappa shape index (κ2) is 7.83. The molecule has 0 radical (unpaired) electrons. The molecule has 6 rings (SSSR count). The Morgan fingerprint density at radius 1 is 0.706 bits per heavy atom. The highest BCUT2D eigenvalue weighted by molar-refractivity contribution is 5.79. The summed E-state index contributed by atoms with van der Waals surface area (Å²) in [5.41, 5.74) is 9.22. The Kier molecular flexibility index (Phi) is 4.76. The van der Waals surface area contributed by atoms with Gasteiger partial charge in [0, 0.05) is 25.1 Å². The van der Waals surface area contributed by atoms with E-state index in [0.29, 0.717) is 6.67 Å². The molecule has 0 aliphatic rings. The van der Waals surface area contributed by atoms with Crippen LogP contribution >= 0.6 is 0 Å². The van der Waals surface area contributed by atoms with Gasteiger partial charge in [-0.3, -0.25) is 4.68 Å². The third-order valence-corrected chi connectivity index (χ3v) is 6.68. The van der Waals surface area contributed by atoms with Crippen LogP contribution in [0.4, 0.5) is 0 Å². The molecule has 3 heterocycles. The van der Waals surface area contributed by atoms with E-state index in [2.05, 4.69) is 95.8 Å². The lowest BCUT2D eigenvalue weighted by Gasteiger charge is -2.13. The molecule has 3 aromatic carbocycles. The van der Waals surface area contributed by atoms with Gasteiger partial charge in [-0.15, -0.1) is 0 Å². The van der Waals surface area contributed by atoms with E-state index < -0.39 is 0 Å². The highest BCUT2D eigenvalue weighted by atomic mass is 15.2. The predicted octanol–water partition coefficient (Wildman–Crippen LogP) is 5.49. The summed E-state index contributed by atoms with van der Waals surface area (Å²) in [5.74, 6) is 2.11. The highest BCUT2D eigenvalue weighted by Gasteiger charge is 2.15. The first-order chi connectivity index (χ1) is 16.4. The zero-order valence-corrected chi connectivity index (χ0v) is 20.1. The van der Waals surface area contributed by atoms with Crippen LogP contribution in [0.3, 0.4) is 0 Å². The summed E-state index contributed by atoms with van der Waals surface area (Å²) in [6, 6.07) is 19.5. The zero-order valence-electron chi connectivity index (χ0n) is 20.1. The molecular formula is C28H28N6. The molecule has 0 aliphatic carbocycles. The van der Waals surface area contributed by atoms with E-state index in [1.807, 2.05) is 11.7 Å². The quantitative estimate of drug-likeness (QED) is 0.350. The Bertz CT molecular complexity index is 1680. The van der Waals surface area contributed by atoms with Crippen LogP contribution in [0.2, 0.25) is 0 Å². The number of fused-ring (bicyclic) bond motifs is 3. The first-order valence-electron chi connectivity index (χ1n) is 11.8. The summed E-state index contributed by atoms with van der Waals surface area (Å²) >= 11 is 0. The first kappa shape index (κ1) is 20.7. The standard InChI is InChI=1S/C28H28N6/c1-18-6-11-26-25(13-18)29-20(3)33(26)17-34-27-14-19(2)5-9-24(27)30-28(34)12-8-21-7-10-23-22(15-21)16-32(4)31-23/h5-7,9-11,13-16H,8,12,17H2,1-4H3. The molecule has 0 atom stereocenters. The molecule has 0 aliphatic heterocycles. The maximum atomic E-state index is 5.05. The topological polar surface area (TPSA) is 53.5 Å². The predicted molar refractivity (Wildman–Crippen MR) is 137 cm³/mol. The number of nitrogens with zero attached hydrogens (tertiary/aromatic N) is 6. The van der Waals surface area contributed by atoms with Gasteiger partial charge >= 0.3 is 0 Å². The van der Waals surface area contributed by atoms with Crippen molar-refractivity contribution in [1.29, 1.82) is 0 Å². The molecule has 6 heteroatoms. The van der Waals surface area contributed by atoms with Gasteiger partial charge < -0.3 is 9.13 Å². The van der Waals surface area contributed by atoms with Gasteiger partial charge in [-0.2, -0.15) is 5.10 Å². The normalized spacial score (nSPS) is 11.9. The minimum Gasteiger partial charge on any atom is -0.309 e. The van der Waals surface area contributed by atoms with Crippen molar-refractivity contribution >= 4 is 33.0 Å². The Morgan fingerprint density at radius 2 is 1.50 bits per heavy atom. The molecule has 170 valence electrons. The fourth-order valence-electron chi connectivity index (χ4n) is 4.92.